The van der Waals surface area contributed by atoms with Crippen LogP contribution < -0.4 is 0 Å². The van der Waals surface area contributed by atoms with Crippen molar-refractivity contribution >= 4 is 10.0 Å². The van der Waals surface area contributed by atoms with Crippen LogP contribution in [-0.4, -0.2) is 31.4 Å². The molecule has 0 aliphatic rings. The van der Waals surface area contributed by atoms with Gasteiger partial charge in [-0.15, -0.1) is 6.42 Å². The van der Waals surface area contributed by atoms with Crippen LogP contribution in [0.1, 0.15) is 5.56 Å². The van der Waals surface area contributed by atoms with Crippen LogP contribution in [-0.2, 0) is 16.6 Å². The summed E-state index contributed by atoms with van der Waals surface area (Å²) >= 11 is 0. The lowest BCUT2D eigenvalue weighted by atomic mass is 10.2. The van der Waals surface area contributed by atoms with E-state index >= 15 is 0 Å². The molecular formula is C11H13NO3S. The Kier molecular flexibility index (Phi) is 4.07. The molecule has 0 saturated heterocycles. The first-order chi connectivity index (χ1) is 7.52. The van der Waals surface area contributed by atoms with Crippen LogP contribution >= 0.6 is 0 Å². The van der Waals surface area contributed by atoms with Crippen LogP contribution in [0.2, 0.25) is 0 Å². The number of terminal acetylenes is 1. The minimum Gasteiger partial charge on any atom is -0.392 e. The predicted molar refractivity (Wildman–Crippen MR) is 61.0 cm³/mol. The van der Waals surface area contributed by atoms with Crippen molar-refractivity contribution in [2.24, 2.45) is 0 Å². The van der Waals surface area contributed by atoms with Gasteiger partial charge in [-0.05, 0) is 17.7 Å². The van der Waals surface area contributed by atoms with E-state index in [0.717, 1.165) is 4.31 Å². The molecule has 1 N–H and O–H groups in total. The summed E-state index contributed by atoms with van der Waals surface area (Å²) in [4.78, 5) is 0.136. The van der Waals surface area contributed by atoms with Gasteiger partial charge in [-0.2, -0.15) is 4.31 Å². The zero-order valence-corrected chi connectivity index (χ0v) is 9.74. The van der Waals surface area contributed by atoms with Crippen LogP contribution in [0.5, 0.6) is 0 Å². The molecule has 16 heavy (non-hydrogen) atoms. The summed E-state index contributed by atoms with van der Waals surface area (Å²) in [7, 11) is -2.14. The number of hydrogen-bond acceptors (Lipinski definition) is 3. The SMILES string of the molecule is C#CCN(C)S(=O)(=O)c1cccc(CO)c1. The van der Waals surface area contributed by atoms with E-state index in [0.29, 0.717) is 5.56 Å². The highest BCUT2D eigenvalue weighted by atomic mass is 32.2. The molecule has 4 nitrogen and oxygen atoms in total. The fourth-order valence-corrected chi connectivity index (χ4v) is 2.35. The molecule has 0 heterocycles. The van der Waals surface area contributed by atoms with E-state index in [1.165, 1.54) is 19.2 Å². The largest absolute Gasteiger partial charge is 0.392 e. The molecule has 5 heteroatoms. The van der Waals surface area contributed by atoms with Gasteiger partial charge in [-0.3, -0.25) is 0 Å². The van der Waals surface area contributed by atoms with Crippen LogP contribution in [0, 0.1) is 12.3 Å². The lowest BCUT2D eigenvalue weighted by Crippen LogP contribution is -2.27. The lowest BCUT2D eigenvalue weighted by molar-refractivity contribution is 0.281. The van der Waals surface area contributed by atoms with E-state index in [-0.39, 0.29) is 18.0 Å². The molecule has 0 aliphatic heterocycles. The summed E-state index contributed by atoms with van der Waals surface area (Å²) in [6.45, 7) is -0.173. The maximum Gasteiger partial charge on any atom is 0.243 e. The van der Waals surface area contributed by atoms with Crippen molar-refractivity contribution < 1.29 is 13.5 Å². The van der Waals surface area contributed by atoms with Crippen LogP contribution in [0.25, 0.3) is 0 Å². The molecule has 86 valence electrons. The summed E-state index contributed by atoms with van der Waals surface area (Å²) in [5.74, 6) is 2.27. The summed E-state index contributed by atoms with van der Waals surface area (Å²) < 4.78 is 25.0. The second-order valence-corrected chi connectivity index (χ2v) is 5.32. The van der Waals surface area contributed by atoms with Gasteiger partial charge < -0.3 is 5.11 Å². The Morgan fingerprint density at radius 3 is 2.75 bits per heavy atom. The third kappa shape index (κ3) is 2.61. The maximum atomic E-state index is 11.9. The standard InChI is InChI=1S/C11H13NO3S/c1-3-7-12(2)16(14,15)11-6-4-5-10(8-11)9-13/h1,4-6,8,13H,7,9H2,2H3. The van der Waals surface area contributed by atoms with E-state index in [9.17, 15) is 8.42 Å². The minimum absolute atomic E-state index is 0.0195. The number of aliphatic hydroxyl groups is 1. The molecule has 0 bridgehead atoms. The van der Waals surface area contributed by atoms with Crippen molar-refractivity contribution in [3.8, 4) is 12.3 Å². The Bertz CT molecular complexity index is 502. The van der Waals surface area contributed by atoms with Gasteiger partial charge in [0, 0.05) is 7.05 Å². The summed E-state index contributed by atoms with van der Waals surface area (Å²) in [6, 6.07) is 6.15. The molecule has 1 rings (SSSR count). The van der Waals surface area contributed by atoms with Crippen molar-refractivity contribution in [2.75, 3.05) is 13.6 Å². The van der Waals surface area contributed by atoms with Gasteiger partial charge in [0.05, 0.1) is 18.0 Å². The Hall–Kier alpha value is -1.35. The number of benzene rings is 1. The van der Waals surface area contributed by atoms with Gasteiger partial charge in [0.25, 0.3) is 0 Å². The second-order valence-electron chi connectivity index (χ2n) is 3.27. The fourth-order valence-electron chi connectivity index (χ4n) is 1.20. The van der Waals surface area contributed by atoms with E-state index < -0.39 is 10.0 Å². The van der Waals surface area contributed by atoms with Crippen molar-refractivity contribution in [1.82, 2.24) is 4.31 Å². The number of aliphatic hydroxyl groups excluding tert-OH is 1. The molecule has 0 saturated carbocycles. The molecule has 0 aliphatic carbocycles. The number of rotatable bonds is 4. The molecule has 0 atom stereocenters. The number of hydrogen-bond donors (Lipinski definition) is 1. The smallest absolute Gasteiger partial charge is 0.243 e. The molecule has 0 spiro atoms. The van der Waals surface area contributed by atoms with E-state index in [1.54, 1.807) is 12.1 Å². The fraction of sp³-hybridized carbons (Fsp3) is 0.273. The molecule has 0 aromatic heterocycles. The molecule has 0 amide bonds. The number of sulfonamides is 1. The highest BCUT2D eigenvalue weighted by Crippen LogP contribution is 2.15. The van der Waals surface area contributed by atoms with Gasteiger partial charge >= 0.3 is 0 Å². The molecule has 1 aromatic carbocycles. The summed E-state index contributed by atoms with van der Waals surface area (Å²) in [6.07, 6.45) is 5.06. The first-order valence-electron chi connectivity index (χ1n) is 4.62. The zero-order valence-electron chi connectivity index (χ0n) is 8.92. The van der Waals surface area contributed by atoms with Crippen molar-refractivity contribution in [2.45, 2.75) is 11.5 Å². The van der Waals surface area contributed by atoms with Gasteiger partial charge in [0.15, 0.2) is 0 Å². The average molecular weight is 239 g/mol. The van der Waals surface area contributed by atoms with Gasteiger partial charge in [-0.1, -0.05) is 18.1 Å². The zero-order chi connectivity index (χ0) is 12.2. The lowest BCUT2D eigenvalue weighted by Gasteiger charge is -2.14. The van der Waals surface area contributed by atoms with Gasteiger partial charge in [-0.25, -0.2) is 8.42 Å². The topological polar surface area (TPSA) is 57.6 Å². The van der Waals surface area contributed by atoms with Crippen LogP contribution in [0.3, 0.4) is 0 Å². The molecule has 1 aromatic rings. The third-order valence-electron chi connectivity index (χ3n) is 2.10. The first kappa shape index (κ1) is 12.7. The first-order valence-corrected chi connectivity index (χ1v) is 6.06. The molecule has 0 radical (unpaired) electrons. The number of nitrogens with zero attached hydrogens (tertiary/aromatic N) is 1. The summed E-state index contributed by atoms with van der Waals surface area (Å²) in [5.41, 5.74) is 0.551. The van der Waals surface area contributed by atoms with E-state index in [2.05, 4.69) is 5.92 Å². The van der Waals surface area contributed by atoms with E-state index in [4.69, 9.17) is 11.5 Å². The monoisotopic (exact) mass is 239 g/mol. The highest BCUT2D eigenvalue weighted by molar-refractivity contribution is 7.89. The second kappa shape index (κ2) is 5.12. The third-order valence-corrected chi connectivity index (χ3v) is 3.90. The van der Waals surface area contributed by atoms with Crippen molar-refractivity contribution in [3.63, 3.8) is 0 Å². The van der Waals surface area contributed by atoms with E-state index in [1.807, 2.05) is 0 Å². The van der Waals surface area contributed by atoms with Crippen LogP contribution in [0.15, 0.2) is 29.2 Å². The molecular weight excluding hydrogens is 226 g/mol. The average Bonchev–Trinajstić information content (AvgIpc) is 2.29. The Morgan fingerprint density at radius 2 is 2.19 bits per heavy atom. The molecule has 0 fully saturated rings. The normalized spacial score (nSPS) is 11.4. The minimum atomic E-state index is -3.55. The van der Waals surface area contributed by atoms with Crippen molar-refractivity contribution in [1.29, 1.82) is 0 Å². The predicted octanol–water partition coefficient (Wildman–Crippen LogP) is 0.433. The molecule has 0 unspecified atom stereocenters. The Balaban J connectivity index is 3.12. The van der Waals surface area contributed by atoms with Crippen molar-refractivity contribution in [3.05, 3.63) is 29.8 Å². The van der Waals surface area contributed by atoms with Gasteiger partial charge in [0.1, 0.15) is 0 Å². The quantitative estimate of drug-likeness (QED) is 0.775. The Labute approximate surface area is 95.6 Å². The highest BCUT2D eigenvalue weighted by Gasteiger charge is 2.19. The van der Waals surface area contributed by atoms with Crippen LogP contribution in [0.4, 0.5) is 0 Å². The summed E-state index contributed by atoms with van der Waals surface area (Å²) in [5, 5.41) is 8.93. The van der Waals surface area contributed by atoms with Gasteiger partial charge in [0.2, 0.25) is 10.0 Å². The Morgan fingerprint density at radius 1 is 1.50 bits per heavy atom. The maximum absolute atomic E-state index is 11.9.